The molecule has 1 amide bonds. The highest BCUT2D eigenvalue weighted by Crippen LogP contribution is 2.33. The minimum Gasteiger partial charge on any atom is -0.339 e. The van der Waals surface area contributed by atoms with Gasteiger partial charge in [-0.2, -0.15) is 18.2 Å². The molecule has 5 nitrogen and oxygen atoms in total. The second kappa shape index (κ2) is 8.87. The zero-order valence-corrected chi connectivity index (χ0v) is 17.0. The normalized spacial score (nSPS) is 11.7. The first-order chi connectivity index (χ1) is 14.1. The van der Waals surface area contributed by atoms with Crippen LogP contribution in [0, 0.1) is 0 Å². The van der Waals surface area contributed by atoms with Gasteiger partial charge in [-0.05, 0) is 29.7 Å². The van der Waals surface area contributed by atoms with Crippen molar-refractivity contribution in [1.82, 2.24) is 10.1 Å². The summed E-state index contributed by atoms with van der Waals surface area (Å²) in [5, 5.41) is 6.31. The molecule has 0 saturated carbocycles. The molecule has 3 rings (SSSR count). The summed E-state index contributed by atoms with van der Waals surface area (Å²) in [5.74, 6) is 0.547. The molecule has 1 N–H and O–H groups in total. The van der Waals surface area contributed by atoms with E-state index in [0.717, 1.165) is 23.8 Å². The molecule has 0 unspecified atom stereocenters. The lowest BCUT2D eigenvalue weighted by molar-refractivity contribution is -0.137. The fourth-order valence-corrected chi connectivity index (χ4v) is 2.89. The Hall–Kier alpha value is -2.87. The highest BCUT2D eigenvalue weighted by atomic mass is 35.5. The number of carbonyl (C=O) groups is 1. The number of benzene rings is 2. The van der Waals surface area contributed by atoms with Crippen LogP contribution in [0.2, 0.25) is 5.02 Å². The summed E-state index contributed by atoms with van der Waals surface area (Å²) in [6.45, 7) is 4.19. The summed E-state index contributed by atoms with van der Waals surface area (Å²) in [4.78, 5) is 16.4. The third kappa shape index (κ3) is 5.38. The molecule has 0 saturated heterocycles. The number of carbonyl (C=O) groups excluding carboxylic acids is 1. The second-order valence-electron chi connectivity index (χ2n) is 7.03. The molecule has 9 heteroatoms. The Morgan fingerprint density at radius 2 is 1.87 bits per heavy atom. The monoisotopic (exact) mass is 437 g/mol. The zero-order chi connectivity index (χ0) is 21.9. The Morgan fingerprint density at radius 3 is 2.50 bits per heavy atom. The molecule has 0 spiro atoms. The first kappa shape index (κ1) is 21.8. The largest absolute Gasteiger partial charge is 0.416 e. The number of hydrogen-bond donors (Lipinski definition) is 1. The molecule has 0 aliphatic rings. The number of nitrogens with one attached hydrogen (secondary N) is 1. The maximum Gasteiger partial charge on any atom is 0.416 e. The van der Waals surface area contributed by atoms with E-state index in [-0.39, 0.29) is 29.4 Å². The van der Waals surface area contributed by atoms with Crippen molar-refractivity contribution in [1.29, 1.82) is 0 Å². The van der Waals surface area contributed by atoms with Gasteiger partial charge in [0.15, 0.2) is 0 Å². The number of halogens is 4. The van der Waals surface area contributed by atoms with Crippen molar-refractivity contribution in [3.8, 4) is 11.4 Å². The van der Waals surface area contributed by atoms with Crippen LogP contribution in [0.4, 0.5) is 18.9 Å². The summed E-state index contributed by atoms with van der Waals surface area (Å²) in [5.41, 5.74) is 0.974. The topological polar surface area (TPSA) is 68.0 Å². The standard InChI is InChI=1S/C21H19ClF3N3O2/c1-12(2)13-3-5-14(6-4-13)20-27-19(30-28-20)10-9-18(29)26-17-11-15(21(23,24)25)7-8-16(17)22/h3-8,11-12H,9-10H2,1-2H3,(H,26,29). The van der Waals surface area contributed by atoms with Crippen LogP contribution in [0.25, 0.3) is 11.4 Å². The van der Waals surface area contributed by atoms with Crippen molar-refractivity contribution in [3.05, 3.63) is 64.5 Å². The quantitative estimate of drug-likeness (QED) is 0.505. The first-order valence-electron chi connectivity index (χ1n) is 9.23. The van der Waals surface area contributed by atoms with Crippen molar-refractivity contribution >= 4 is 23.2 Å². The molecular weight excluding hydrogens is 419 g/mol. The predicted octanol–water partition coefficient (Wildman–Crippen LogP) is 6.10. The van der Waals surface area contributed by atoms with Crippen molar-refractivity contribution in [2.75, 3.05) is 5.32 Å². The fraction of sp³-hybridized carbons (Fsp3) is 0.286. The molecule has 0 aliphatic heterocycles. The van der Waals surface area contributed by atoms with Crippen LogP contribution in [-0.4, -0.2) is 16.0 Å². The van der Waals surface area contributed by atoms with Crippen molar-refractivity contribution in [2.45, 2.75) is 38.8 Å². The average molecular weight is 438 g/mol. The van der Waals surface area contributed by atoms with Gasteiger partial charge in [0.05, 0.1) is 16.3 Å². The Labute approximate surface area is 176 Å². The minimum atomic E-state index is -4.53. The van der Waals surface area contributed by atoms with E-state index in [2.05, 4.69) is 29.3 Å². The SMILES string of the molecule is CC(C)c1ccc(-c2noc(CCC(=O)Nc3cc(C(F)(F)F)ccc3Cl)n2)cc1. The number of aryl methyl sites for hydroxylation is 1. The lowest BCUT2D eigenvalue weighted by Crippen LogP contribution is -2.14. The van der Waals surface area contributed by atoms with Crippen LogP contribution in [0.5, 0.6) is 0 Å². The van der Waals surface area contributed by atoms with Crippen LogP contribution in [-0.2, 0) is 17.4 Å². The number of amides is 1. The van der Waals surface area contributed by atoms with Gasteiger partial charge in [0, 0.05) is 18.4 Å². The van der Waals surface area contributed by atoms with E-state index in [1.54, 1.807) is 0 Å². The van der Waals surface area contributed by atoms with Gasteiger partial charge in [0.25, 0.3) is 0 Å². The molecule has 0 bridgehead atoms. The van der Waals surface area contributed by atoms with Crippen LogP contribution < -0.4 is 5.32 Å². The second-order valence-corrected chi connectivity index (χ2v) is 7.44. The number of nitrogens with zero attached hydrogens (tertiary/aromatic N) is 2. The summed E-state index contributed by atoms with van der Waals surface area (Å²) >= 11 is 5.89. The van der Waals surface area contributed by atoms with Gasteiger partial charge in [0.2, 0.25) is 17.6 Å². The smallest absolute Gasteiger partial charge is 0.339 e. The Morgan fingerprint density at radius 1 is 1.17 bits per heavy atom. The van der Waals surface area contributed by atoms with Gasteiger partial charge in [-0.15, -0.1) is 0 Å². The maximum atomic E-state index is 12.8. The molecule has 1 aromatic heterocycles. The van der Waals surface area contributed by atoms with Gasteiger partial charge in [-0.1, -0.05) is 54.9 Å². The number of anilines is 1. The van der Waals surface area contributed by atoms with E-state index in [0.29, 0.717) is 11.7 Å². The molecule has 1 heterocycles. The van der Waals surface area contributed by atoms with E-state index >= 15 is 0 Å². The van der Waals surface area contributed by atoms with Crippen LogP contribution in [0.3, 0.4) is 0 Å². The van der Waals surface area contributed by atoms with Gasteiger partial charge in [-0.3, -0.25) is 4.79 Å². The van der Waals surface area contributed by atoms with E-state index < -0.39 is 17.6 Å². The summed E-state index contributed by atoms with van der Waals surface area (Å²) < 4.78 is 43.6. The molecule has 30 heavy (non-hydrogen) atoms. The van der Waals surface area contributed by atoms with Gasteiger partial charge in [-0.25, -0.2) is 0 Å². The Bertz CT molecular complexity index is 1030. The van der Waals surface area contributed by atoms with Gasteiger partial charge < -0.3 is 9.84 Å². The molecular formula is C21H19ClF3N3O2. The third-order valence-electron chi connectivity index (χ3n) is 4.44. The lowest BCUT2D eigenvalue weighted by atomic mass is 10.0. The van der Waals surface area contributed by atoms with E-state index in [4.69, 9.17) is 16.1 Å². The predicted molar refractivity (Wildman–Crippen MR) is 107 cm³/mol. The molecule has 0 aliphatic carbocycles. The summed E-state index contributed by atoms with van der Waals surface area (Å²) in [6, 6.07) is 10.5. The number of aromatic nitrogens is 2. The third-order valence-corrected chi connectivity index (χ3v) is 4.77. The maximum absolute atomic E-state index is 12.8. The Kier molecular flexibility index (Phi) is 6.45. The highest BCUT2D eigenvalue weighted by molar-refractivity contribution is 6.33. The highest BCUT2D eigenvalue weighted by Gasteiger charge is 2.31. The van der Waals surface area contributed by atoms with Crippen molar-refractivity contribution in [2.24, 2.45) is 0 Å². The molecule has 0 radical (unpaired) electrons. The van der Waals surface area contributed by atoms with E-state index in [9.17, 15) is 18.0 Å². The molecule has 0 atom stereocenters. The minimum absolute atomic E-state index is 0.0151. The van der Waals surface area contributed by atoms with Gasteiger partial charge in [0.1, 0.15) is 0 Å². The van der Waals surface area contributed by atoms with Crippen LogP contribution in [0.1, 0.15) is 43.2 Å². The summed E-state index contributed by atoms with van der Waals surface area (Å²) in [7, 11) is 0. The van der Waals surface area contributed by atoms with Gasteiger partial charge >= 0.3 is 6.18 Å². The number of rotatable bonds is 6. The van der Waals surface area contributed by atoms with E-state index in [1.807, 2.05) is 24.3 Å². The molecule has 0 fully saturated rings. The molecule has 2 aromatic carbocycles. The van der Waals surface area contributed by atoms with Crippen LogP contribution >= 0.6 is 11.6 Å². The Balaban J connectivity index is 1.61. The van der Waals surface area contributed by atoms with E-state index in [1.165, 1.54) is 5.56 Å². The fourth-order valence-electron chi connectivity index (χ4n) is 2.72. The van der Waals surface area contributed by atoms with Crippen molar-refractivity contribution in [3.63, 3.8) is 0 Å². The molecule has 3 aromatic rings. The number of hydrogen-bond acceptors (Lipinski definition) is 4. The average Bonchev–Trinajstić information content (AvgIpc) is 3.16. The summed E-state index contributed by atoms with van der Waals surface area (Å²) in [6.07, 6.45) is -4.45. The zero-order valence-electron chi connectivity index (χ0n) is 16.3. The number of alkyl halides is 3. The molecule has 158 valence electrons. The lowest BCUT2D eigenvalue weighted by Gasteiger charge is -2.11. The van der Waals surface area contributed by atoms with Crippen molar-refractivity contribution < 1.29 is 22.5 Å². The first-order valence-corrected chi connectivity index (χ1v) is 9.61. The van der Waals surface area contributed by atoms with Crippen LogP contribution in [0.15, 0.2) is 47.0 Å².